The van der Waals surface area contributed by atoms with E-state index in [0.717, 1.165) is 0 Å². The summed E-state index contributed by atoms with van der Waals surface area (Å²) in [7, 11) is 1.53. The minimum Gasteiger partial charge on any atom is -0.496 e. The molecule has 1 aromatic carbocycles. The van der Waals surface area contributed by atoms with Gasteiger partial charge in [0.2, 0.25) is 0 Å². The summed E-state index contributed by atoms with van der Waals surface area (Å²) in [6.45, 7) is 0. The number of hydrogen-bond acceptors (Lipinski definition) is 4. The van der Waals surface area contributed by atoms with Crippen molar-refractivity contribution in [3.05, 3.63) is 51.8 Å². The number of aliphatic hydroxyl groups is 1. The van der Waals surface area contributed by atoms with Gasteiger partial charge in [-0.3, -0.25) is 0 Å². The summed E-state index contributed by atoms with van der Waals surface area (Å²) >= 11 is 11.7. The fourth-order valence-electron chi connectivity index (χ4n) is 1.62. The minimum atomic E-state index is -0.971. The number of nitrogens with zero attached hydrogens (tertiary/aromatic N) is 2. The Morgan fingerprint density at radius 3 is 2.61 bits per heavy atom. The van der Waals surface area contributed by atoms with Crippen LogP contribution in [0.2, 0.25) is 10.3 Å². The van der Waals surface area contributed by atoms with E-state index in [1.54, 1.807) is 18.2 Å². The van der Waals surface area contributed by atoms with Crippen molar-refractivity contribution in [2.75, 3.05) is 7.11 Å². The highest BCUT2D eigenvalue weighted by Gasteiger charge is 2.19. The molecule has 0 bridgehead atoms. The van der Waals surface area contributed by atoms with Crippen molar-refractivity contribution in [2.24, 2.45) is 0 Å². The Balaban J connectivity index is 2.47. The Morgan fingerprint density at radius 1 is 1.17 bits per heavy atom. The lowest BCUT2D eigenvalue weighted by Gasteiger charge is -2.15. The van der Waals surface area contributed by atoms with Crippen molar-refractivity contribution in [2.45, 2.75) is 6.10 Å². The Morgan fingerprint density at radius 2 is 1.89 bits per heavy atom. The quantitative estimate of drug-likeness (QED) is 0.942. The van der Waals surface area contributed by atoms with Crippen molar-refractivity contribution in [1.29, 1.82) is 0 Å². The predicted octanol–water partition coefficient (Wildman–Crippen LogP) is 2.87. The average Bonchev–Trinajstić information content (AvgIpc) is 2.40. The third kappa shape index (κ3) is 2.56. The van der Waals surface area contributed by atoms with Gasteiger partial charge in [-0.05, 0) is 12.1 Å². The van der Waals surface area contributed by atoms with Crippen molar-refractivity contribution < 1.29 is 9.84 Å². The van der Waals surface area contributed by atoms with Gasteiger partial charge in [0.15, 0.2) is 10.3 Å². The Hall–Kier alpha value is -1.36. The molecule has 94 valence electrons. The van der Waals surface area contributed by atoms with E-state index in [9.17, 15) is 5.11 Å². The Labute approximate surface area is 114 Å². The summed E-state index contributed by atoms with van der Waals surface area (Å²) in [5.41, 5.74) is 0.979. The first-order valence-electron chi connectivity index (χ1n) is 5.13. The maximum Gasteiger partial charge on any atom is 0.157 e. The van der Waals surface area contributed by atoms with Gasteiger partial charge in [-0.2, -0.15) is 0 Å². The van der Waals surface area contributed by atoms with Gasteiger partial charge in [-0.1, -0.05) is 41.4 Å². The minimum absolute atomic E-state index is 0.109. The standard InChI is InChI=1S/C12H10Cl2N2O2/c1-18-9-5-3-2-4-7(9)11(17)8-6-10(13)15-16-12(8)14/h2-6,11,17H,1H3. The highest BCUT2D eigenvalue weighted by molar-refractivity contribution is 6.31. The lowest BCUT2D eigenvalue weighted by atomic mass is 10.0. The van der Waals surface area contributed by atoms with E-state index in [2.05, 4.69) is 10.2 Å². The summed E-state index contributed by atoms with van der Waals surface area (Å²) in [5.74, 6) is 0.564. The molecule has 0 spiro atoms. The third-order valence-electron chi connectivity index (χ3n) is 2.47. The van der Waals surface area contributed by atoms with Crippen LogP contribution >= 0.6 is 23.2 Å². The van der Waals surface area contributed by atoms with E-state index in [1.165, 1.54) is 13.2 Å². The lowest BCUT2D eigenvalue weighted by Crippen LogP contribution is -2.04. The molecule has 4 nitrogen and oxygen atoms in total. The van der Waals surface area contributed by atoms with E-state index in [1.807, 2.05) is 6.07 Å². The Kier molecular flexibility index (Phi) is 4.01. The molecule has 0 aliphatic carbocycles. The first-order valence-corrected chi connectivity index (χ1v) is 5.88. The first-order chi connectivity index (χ1) is 8.63. The lowest BCUT2D eigenvalue weighted by molar-refractivity contribution is 0.214. The summed E-state index contributed by atoms with van der Waals surface area (Å²) in [4.78, 5) is 0. The zero-order valence-corrected chi connectivity index (χ0v) is 11.0. The molecule has 0 radical (unpaired) electrons. The molecular weight excluding hydrogens is 275 g/mol. The number of rotatable bonds is 3. The average molecular weight is 285 g/mol. The number of para-hydroxylation sites is 1. The van der Waals surface area contributed by atoms with Gasteiger partial charge in [0.05, 0.1) is 7.11 Å². The van der Waals surface area contributed by atoms with Crippen molar-refractivity contribution in [3.8, 4) is 5.75 Å². The largest absolute Gasteiger partial charge is 0.496 e. The SMILES string of the molecule is COc1ccccc1C(O)c1cc(Cl)nnc1Cl. The van der Waals surface area contributed by atoms with Crippen LogP contribution in [0, 0.1) is 0 Å². The maximum atomic E-state index is 10.3. The number of ether oxygens (including phenoxy) is 1. The molecule has 1 atom stereocenters. The van der Waals surface area contributed by atoms with Crippen molar-refractivity contribution in [1.82, 2.24) is 10.2 Å². The third-order valence-corrected chi connectivity index (χ3v) is 2.95. The van der Waals surface area contributed by atoms with Crippen LogP contribution in [-0.2, 0) is 0 Å². The highest BCUT2D eigenvalue weighted by atomic mass is 35.5. The predicted molar refractivity (Wildman–Crippen MR) is 69.1 cm³/mol. The van der Waals surface area contributed by atoms with Crippen LogP contribution in [0.25, 0.3) is 0 Å². The van der Waals surface area contributed by atoms with Crippen molar-refractivity contribution >= 4 is 23.2 Å². The number of methoxy groups -OCH3 is 1. The van der Waals surface area contributed by atoms with Crippen LogP contribution in [0.3, 0.4) is 0 Å². The molecule has 2 rings (SSSR count). The molecule has 0 saturated carbocycles. The molecule has 1 unspecified atom stereocenters. The topological polar surface area (TPSA) is 55.2 Å². The van der Waals surface area contributed by atoms with Crippen LogP contribution < -0.4 is 4.74 Å². The van der Waals surface area contributed by atoms with Gasteiger partial charge in [-0.25, -0.2) is 0 Å². The van der Waals surface area contributed by atoms with Gasteiger partial charge in [0, 0.05) is 11.1 Å². The molecule has 1 heterocycles. The van der Waals surface area contributed by atoms with Gasteiger partial charge in [0.25, 0.3) is 0 Å². The van der Waals surface area contributed by atoms with E-state index in [4.69, 9.17) is 27.9 Å². The molecule has 0 saturated heterocycles. The number of aromatic nitrogens is 2. The monoisotopic (exact) mass is 284 g/mol. The number of halogens is 2. The second-order valence-electron chi connectivity index (χ2n) is 3.56. The summed E-state index contributed by atoms with van der Waals surface area (Å²) in [6.07, 6.45) is -0.971. The molecule has 1 N–H and O–H groups in total. The molecule has 18 heavy (non-hydrogen) atoms. The van der Waals surface area contributed by atoms with Crippen molar-refractivity contribution in [3.63, 3.8) is 0 Å². The Bertz CT molecular complexity index is 564. The number of aliphatic hydroxyl groups excluding tert-OH is 1. The van der Waals surface area contributed by atoms with E-state index in [0.29, 0.717) is 16.9 Å². The zero-order chi connectivity index (χ0) is 13.1. The summed E-state index contributed by atoms with van der Waals surface area (Å²) in [6, 6.07) is 8.59. The molecule has 2 aromatic rings. The maximum absolute atomic E-state index is 10.3. The fourth-order valence-corrected chi connectivity index (χ4v) is 1.97. The molecule has 0 aliphatic rings. The number of hydrogen-bond donors (Lipinski definition) is 1. The van der Waals surface area contributed by atoms with E-state index in [-0.39, 0.29) is 10.3 Å². The molecule has 1 aromatic heterocycles. The summed E-state index contributed by atoms with van der Waals surface area (Å²) < 4.78 is 5.19. The van der Waals surface area contributed by atoms with Crippen LogP contribution in [-0.4, -0.2) is 22.4 Å². The molecule has 0 aliphatic heterocycles. The van der Waals surface area contributed by atoms with E-state index >= 15 is 0 Å². The molecule has 0 amide bonds. The molecule has 6 heteroatoms. The first kappa shape index (κ1) is 13.1. The second-order valence-corrected chi connectivity index (χ2v) is 4.30. The van der Waals surface area contributed by atoms with Gasteiger partial charge in [-0.15, -0.1) is 10.2 Å². The van der Waals surface area contributed by atoms with Crippen LogP contribution in [0.15, 0.2) is 30.3 Å². The zero-order valence-electron chi connectivity index (χ0n) is 9.47. The van der Waals surface area contributed by atoms with Gasteiger partial charge >= 0.3 is 0 Å². The van der Waals surface area contributed by atoms with Crippen LogP contribution in [0.1, 0.15) is 17.2 Å². The van der Waals surface area contributed by atoms with Crippen LogP contribution in [0.5, 0.6) is 5.75 Å². The van der Waals surface area contributed by atoms with Crippen LogP contribution in [0.4, 0.5) is 0 Å². The summed E-state index contributed by atoms with van der Waals surface area (Å²) in [5, 5.41) is 17.9. The van der Waals surface area contributed by atoms with E-state index < -0.39 is 6.10 Å². The molecule has 0 fully saturated rings. The van der Waals surface area contributed by atoms with Gasteiger partial charge < -0.3 is 9.84 Å². The molecular formula is C12H10Cl2N2O2. The van der Waals surface area contributed by atoms with Gasteiger partial charge in [0.1, 0.15) is 11.9 Å². The normalized spacial score (nSPS) is 12.2. The second kappa shape index (κ2) is 5.52. The fraction of sp³-hybridized carbons (Fsp3) is 0.167. The highest BCUT2D eigenvalue weighted by Crippen LogP contribution is 2.32. The smallest absolute Gasteiger partial charge is 0.157 e. The number of benzene rings is 1.